The zero-order chi connectivity index (χ0) is 22.5. The fraction of sp³-hybridized carbons (Fsp3) is 0.520. The van der Waals surface area contributed by atoms with Crippen LogP contribution in [0.5, 0.6) is 17.2 Å². The molecule has 0 radical (unpaired) electrons. The summed E-state index contributed by atoms with van der Waals surface area (Å²) in [6.07, 6.45) is 14.8. The molecule has 0 saturated heterocycles. The molecule has 5 nitrogen and oxygen atoms in total. The molecular weight excluding hydrogens is 435 g/mol. The summed E-state index contributed by atoms with van der Waals surface area (Å²) in [6.45, 7) is 2.24. The van der Waals surface area contributed by atoms with Crippen LogP contribution in [0.3, 0.4) is 0 Å². The molecule has 0 amide bonds. The molecule has 0 bridgehead atoms. The molecule has 0 heterocycles. The molecule has 0 saturated carbocycles. The van der Waals surface area contributed by atoms with Crippen LogP contribution in [0.25, 0.3) is 0 Å². The summed E-state index contributed by atoms with van der Waals surface area (Å²) in [4.78, 5) is -0.406. The first kappa shape index (κ1) is 29.0. The van der Waals surface area contributed by atoms with Gasteiger partial charge in [-0.15, -0.1) is 5.75 Å². The van der Waals surface area contributed by atoms with Gasteiger partial charge in [0.1, 0.15) is 16.4 Å². The number of ether oxygens (including phenoxy) is 1. The van der Waals surface area contributed by atoms with Crippen molar-refractivity contribution in [2.75, 3.05) is 0 Å². The van der Waals surface area contributed by atoms with Crippen molar-refractivity contribution in [2.45, 2.75) is 88.9 Å². The predicted molar refractivity (Wildman–Crippen MR) is 122 cm³/mol. The Balaban J connectivity index is 0.00000512. The topological polar surface area (TPSA) is 86.7 Å². The van der Waals surface area contributed by atoms with Crippen LogP contribution in [0.4, 0.5) is 0 Å². The molecule has 0 spiro atoms. The van der Waals surface area contributed by atoms with Crippen molar-refractivity contribution in [1.29, 1.82) is 0 Å². The summed E-state index contributed by atoms with van der Waals surface area (Å²) < 4.78 is 38.4. The molecule has 0 aliphatic carbocycles. The Hall–Kier alpha value is -1.05. The first-order valence-electron chi connectivity index (χ1n) is 11.5. The average molecular weight is 471 g/mol. The molecule has 0 atom stereocenters. The maximum Gasteiger partial charge on any atom is 1.00 e. The van der Waals surface area contributed by atoms with Crippen LogP contribution < -0.4 is 39.4 Å². The quantitative estimate of drug-likeness (QED) is 0.244. The van der Waals surface area contributed by atoms with Crippen LogP contribution in [0.15, 0.2) is 47.4 Å². The van der Waals surface area contributed by atoms with E-state index in [1.54, 1.807) is 12.1 Å². The number of aryl methyl sites for hydroxylation is 1. The number of hydrogen-bond acceptors (Lipinski definition) is 4. The largest absolute Gasteiger partial charge is 1.00 e. The second-order valence-corrected chi connectivity index (χ2v) is 9.47. The predicted octanol–water partition coefficient (Wildman–Crippen LogP) is 3.66. The number of unbranched alkanes of at least 4 members (excludes halogenated alkanes) is 10. The minimum absolute atomic E-state index is 0. The molecule has 0 aromatic heterocycles. The van der Waals surface area contributed by atoms with E-state index in [2.05, 4.69) is 6.92 Å². The van der Waals surface area contributed by atoms with E-state index in [9.17, 15) is 18.1 Å². The van der Waals surface area contributed by atoms with Crippen molar-refractivity contribution >= 4 is 10.1 Å². The van der Waals surface area contributed by atoms with Crippen molar-refractivity contribution in [3.05, 3.63) is 48.0 Å². The van der Waals surface area contributed by atoms with Crippen LogP contribution in [-0.4, -0.2) is 13.0 Å². The first-order valence-corrected chi connectivity index (χ1v) is 12.9. The van der Waals surface area contributed by atoms with E-state index in [4.69, 9.17) is 4.74 Å². The zero-order valence-electron chi connectivity index (χ0n) is 19.5. The molecule has 172 valence electrons. The molecule has 7 heteroatoms. The van der Waals surface area contributed by atoms with E-state index < -0.39 is 15.0 Å². The van der Waals surface area contributed by atoms with Crippen molar-refractivity contribution in [3.63, 3.8) is 0 Å². The zero-order valence-corrected chi connectivity index (χ0v) is 22.3. The van der Waals surface area contributed by atoms with E-state index in [-0.39, 0.29) is 41.1 Å². The smallest absolute Gasteiger partial charge is 0.872 e. The maximum atomic E-state index is 11.7. The average Bonchev–Trinajstić information content (AvgIpc) is 2.72. The number of hydrogen-bond donors (Lipinski definition) is 1. The third-order valence-electron chi connectivity index (χ3n) is 5.44. The van der Waals surface area contributed by atoms with E-state index >= 15 is 0 Å². The number of para-hydroxylation sites is 1. The molecule has 0 aliphatic heterocycles. The van der Waals surface area contributed by atoms with Gasteiger partial charge in [0.15, 0.2) is 0 Å². The Bertz CT molecular complexity index is 899. The maximum absolute atomic E-state index is 11.7. The minimum Gasteiger partial charge on any atom is -0.872 e. The van der Waals surface area contributed by atoms with Crippen LogP contribution in [0.1, 0.15) is 83.1 Å². The Labute approximate surface area is 215 Å². The van der Waals surface area contributed by atoms with Crippen molar-refractivity contribution in [1.82, 2.24) is 0 Å². The molecule has 0 fully saturated rings. The van der Waals surface area contributed by atoms with Gasteiger partial charge in [0.05, 0.1) is 0 Å². The fourth-order valence-corrected chi connectivity index (χ4v) is 4.28. The third kappa shape index (κ3) is 10.7. The Morgan fingerprint density at radius 2 is 1.38 bits per heavy atom. The number of rotatable bonds is 15. The summed E-state index contributed by atoms with van der Waals surface area (Å²) in [7, 11) is -4.49. The van der Waals surface area contributed by atoms with Crippen LogP contribution in [0, 0.1) is 0 Å². The van der Waals surface area contributed by atoms with E-state index in [0.29, 0.717) is 5.75 Å². The number of benzene rings is 2. The summed E-state index contributed by atoms with van der Waals surface area (Å²) >= 11 is 0. The van der Waals surface area contributed by atoms with Gasteiger partial charge in [0.2, 0.25) is 0 Å². The molecule has 2 aromatic carbocycles. The van der Waals surface area contributed by atoms with Crippen molar-refractivity contribution in [2.24, 2.45) is 0 Å². The van der Waals surface area contributed by atoms with Crippen LogP contribution in [0.2, 0.25) is 0 Å². The van der Waals surface area contributed by atoms with Gasteiger partial charge in [-0.05, 0) is 36.6 Å². The normalized spacial score (nSPS) is 11.2. The second-order valence-electron chi connectivity index (χ2n) is 8.08. The van der Waals surface area contributed by atoms with Gasteiger partial charge in [-0.2, -0.15) is 8.42 Å². The minimum atomic E-state index is -4.49. The van der Waals surface area contributed by atoms with Gasteiger partial charge in [0.25, 0.3) is 10.1 Å². The molecule has 2 aromatic rings. The van der Waals surface area contributed by atoms with E-state index in [1.165, 1.54) is 57.8 Å². The van der Waals surface area contributed by atoms with Gasteiger partial charge >= 0.3 is 29.6 Å². The van der Waals surface area contributed by atoms with Gasteiger partial charge in [-0.25, -0.2) is 0 Å². The fourth-order valence-electron chi connectivity index (χ4n) is 3.69. The monoisotopic (exact) mass is 470 g/mol. The SMILES string of the molecule is CCCCCCCCCCCCCc1ccccc1Oc1cc([O-])ccc1S(=O)(=O)O.[Na+]. The summed E-state index contributed by atoms with van der Waals surface area (Å²) in [6, 6.07) is 10.6. The Morgan fingerprint density at radius 1 is 0.812 bits per heavy atom. The van der Waals surface area contributed by atoms with Gasteiger partial charge < -0.3 is 9.84 Å². The standard InChI is InChI=1S/C25H36O5S.Na/c1-2-3-4-5-6-7-8-9-10-11-12-15-21-16-13-14-17-23(21)30-24-20-22(26)18-19-25(24)31(27,28)29;/h13-14,16-20,26H,2-12,15H2,1H3,(H,27,28,29);/q;+1/p-1. The van der Waals surface area contributed by atoms with Gasteiger partial charge in [0, 0.05) is 0 Å². The van der Waals surface area contributed by atoms with E-state index in [0.717, 1.165) is 43.0 Å². The molecule has 0 aliphatic rings. The van der Waals surface area contributed by atoms with Crippen molar-refractivity contribution < 1.29 is 52.4 Å². The first-order chi connectivity index (χ1) is 14.9. The summed E-state index contributed by atoms with van der Waals surface area (Å²) in [5.41, 5.74) is 0.955. The second kappa shape index (κ2) is 15.7. The van der Waals surface area contributed by atoms with Crippen LogP contribution >= 0.6 is 0 Å². The summed E-state index contributed by atoms with van der Waals surface area (Å²) in [5.74, 6) is -0.0308. The molecule has 0 unspecified atom stereocenters. The van der Waals surface area contributed by atoms with Gasteiger partial charge in [-0.3, -0.25) is 4.55 Å². The molecule has 2 rings (SSSR count). The third-order valence-corrected chi connectivity index (χ3v) is 6.33. The van der Waals surface area contributed by atoms with Crippen LogP contribution in [-0.2, 0) is 16.5 Å². The molecule has 32 heavy (non-hydrogen) atoms. The molecule has 1 N–H and O–H groups in total. The van der Waals surface area contributed by atoms with Crippen molar-refractivity contribution in [3.8, 4) is 17.2 Å². The Kier molecular flexibility index (Phi) is 14.2. The van der Waals surface area contributed by atoms with Gasteiger partial charge in [-0.1, -0.05) is 95.4 Å². The molecular formula is C25H35NaO5S. The summed E-state index contributed by atoms with van der Waals surface area (Å²) in [5, 5.41) is 11.7. The van der Waals surface area contributed by atoms with E-state index in [1.807, 2.05) is 12.1 Å². The Morgan fingerprint density at radius 3 is 1.97 bits per heavy atom.